The van der Waals surface area contributed by atoms with Gasteiger partial charge in [0, 0.05) is 25.3 Å². The molecule has 0 unspecified atom stereocenters. The highest BCUT2D eigenvalue weighted by molar-refractivity contribution is 5.94. The molecular formula is C31H30F3N3O3. The summed E-state index contributed by atoms with van der Waals surface area (Å²) in [6.45, 7) is 3.11. The van der Waals surface area contributed by atoms with Crippen molar-refractivity contribution in [1.82, 2.24) is 15.2 Å². The van der Waals surface area contributed by atoms with Gasteiger partial charge < -0.3 is 15.4 Å². The summed E-state index contributed by atoms with van der Waals surface area (Å²) in [4.78, 5) is 30.5. The number of carbonyl (C=O) groups excluding carboxylic acids is 1. The summed E-state index contributed by atoms with van der Waals surface area (Å²) in [5.74, 6) is -0.475. The number of nitrogens with zero attached hydrogens (tertiary/aromatic N) is 1. The largest absolute Gasteiger partial charge is 0.416 e. The molecule has 0 bridgehead atoms. The fraction of sp³-hybridized carbons (Fsp3) is 0.290. The van der Waals surface area contributed by atoms with Crippen LogP contribution in [0.2, 0.25) is 0 Å². The molecule has 9 heteroatoms. The Morgan fingerprint density at radius 2 is 1.73 bits per heavy atom. The van der Waals surface area contributed by atoms with E-state index in [-0.39, 0.29) is 30.0 Å². The number of alkyl halides is 3. The highest BCUT2D eigenvalue weighted by Crippen LogP contribution is 2.37. The number of fused-ring (bicyclic) bond motifs is 1. The molecule has 0 radical (unpaired) electrons. The molecule has 3 aromatic carbocycles. The summed E-state index contributed by atoms with van der Waals surface area (Å²) < 4.78 is 39.4. The quantitative estimate of drug-likeness (QED) is 0.296. The molecule has 4 aromatic rings. The van der Waals surface area contributed by atoms with E-state index in [4.69, 9.17) is 0 Å². The standard InChI is InChI=1S/C31H30F3N3O3/c1-20(25-11-4-7-21-6-2-3-10-26(21)25)35-28(38)27-13-12-24(36-29(27)39)19-37-16-14-30(40,15-17-37)22-8-5-9-23(18-22)31(32,33)34/h2-13,18,20,40H,14-17,19H2,1H3,(H,35,38)(H,36,39)/t20-/m1/s1. The second-order valence-corrected chi connectivity index (χ2v) is 10.4. The molecule has 40 heavy (non-hydrogen) atoms. The van der Waals surface area contributed by atoms with Crippen LogP contribution in [0, 0.1) is 0 Å². The number of aromatic nitrogens is 1. The van der Waals surface area contributed by atoms with Crippen LogP contribution >= 0.6 is 0 Å². The minimum Gasteiger partial charge on any atom is -0.385 e. The van der Waals surface area contributed by atoms with Crippen molar-refractivity contribution in [3.8, 4) is 0 Å². The highest BCUT2D eigenvalue weighted by atomic mass is 19.4. The van der Waals surface area contributed by atoms with Gasteiger partial charge >= 0.3 is 6.18 Å². The Bertz CT molecular complexity index is 1580. The maximum absolute atomic E-state index is 13.1. The zero-order valence-electron chi connectivity index (χ0n) is 22.0. The van der Waals surface area contributed by atoms with Crippen LogP contribution < -0.4 is 10.9 Å². The third-order valence-electron chi connectivity index (χ3n) is 7.66. The van der Waals surface area contributed by atoms with E-state index in [1.54, 1.807) is 6.07 Å². The van der Waals surface area contributed by atoms with Crippen LogP contribution in [-0.2, 0) is 18.3 Å². The molecule has 2 heterocycles. The van der Waals surface area contributed by atoms with Gasteiger partial charge in [0.05, 0.1) is 17.2 Å². The van der Waals surface area contributed by atoms with Crippen molar-refractivity contribution in [3.05, 3.63) is 117 Å². The third kappa shape index (κ3) is 5.80. The van der Waals surface area contributed by atoms with Crippen LogP contribution in [0.4, 0.5) is 13.2 Å². The lowest BCUT2D eigenvalue weighted by molar-refractivity contribution is -0.137. The van der Waals surface area contributed by atoms with E-state index >= 15 is 0 Å². The van der Waals surface area contributed by atoms with E-state index < -0.39 is 28.8 Å². The minimum atomic E-state index is -4.48. The van der Waals surface area contributed by atoms with Gasteiger partial charge in [0.2, 0.25) is 0 Å². The fourth-order valence-electron chi connectivity index (χ4n) is 5.36. The number of piperidine rings is 1. The Morgan fingerprint density at radius 3 is 2.45 bits per heavy atom. The minimum absolute atomic E-state index is 0.00778. The lowest BCUT2D eigenvalue weighted by Gasteiger charge is -2.38. The monoisotopic (exact) mass is 549 g/mol. The molecule has 5 rings (SSSR count). The Balaban J connectivity index is 1.21. The first-order chi connectivity index (χ1) is 19.0. The first kappa shape index (κ1) is 27.6. The number of hydrogen-bond acceptors (Lipinski definition) is 4. The molecule has 1 saturated heterocycles. The molecule has 0 aliphatic carbocycles. The van der Waals surface area contributed by atoms with E-state index in [1.807, 2.05) is 54.3 Å². The van der Waals surface area contributed by atoms with E-state index in [0.717, 1.165) is 28.5 Å². The first-order valence-corrected chi connectivity index (χ1v) is 13.2. The van der Waals surface area contributed by atoms with E-state index in [1.165, 1.54) is 18.2 Å². The average Bonchev–Trinajstić information content (AvgIpc) is 2.93. The first-order valence-electron chi connectivity index (χ1n) is 13.2. The summed E-state index contributed by atoms with van der Waals surface area (Å²) in [5.41, 5.74) is -0.820. The van der Waals surface area contributed by atoms with Crippen molar-refractivity contribution in [3.63, 3.8) is 0 Å². The number of halogens is 3. The summed E-state index contributed by atoms with van der Waals surface area (Å²) in [7, 11) is 0. The molecule has 1 atom stereocenters. The third-order valence-corrected chi connectivity index (χ3v) is 7.66. The number of pyridine rings is 1. The van der Waals surface area contributed by atoms with Crippen molar-refractivity contribution in [1.29, 1.82) is 0 Å². The molecular weight excluding hydrogens is 519 g/mol. The zero-order valence-corrected chi connectivity index (χ0v) is 22.0. The van der Waals surface area contributed by atoms with Crippen LogP contribution in [0.1, 0.15) is 58.5 Å². The second kappa shape index (κ2) is 10.9. The van der Waals surface area contributed by atoms with Crippen molar-refractivity contribution >= 4 is 16.7 Å². The number of H-pyrrole nitrogens is 1. The molecule has 1 aromatic heterocycles. The number of carbonyl (C=O) groups is 1. The van der Waals surface area contributed by atoms with Gasteiger partial charge in [-0.3, -0.25) is 14.5 Å². The topological polar surface area (TPSA) is 85.4 Å². The number of aromatic amines is 1. The van der Waals surface area contributed by atoms with Crippen LogP contribution in [0.25, 0.3) is 10.8 Å². The van der Waals surface area contributed by atoms with Gasteiger partial charge in [-0.05, 0) is 65.9 Å². The molecule has 1 aliphatic heterocycles. The molecule has 1 aliphatic rings. The summed E-state index contributed by atoms with van der Waals surface area (Å²) >= 11 is 0. The highest BCUT2D eigenvalue weighted by Gasteiger charge is 2.37. The van der Waals surface area contributed by atoms with E-state index in [9.17, 15) is 27.9 Å². The number of nitrogens with one attached hydrogen (secondary N) is 2. The molecule has 1 amide bonds. The second-order valence-electron chi connectivity index (χ2n) is 10.4. The fourth-order valence-corrected chi connectivity index (χ4v) is 5.36. The van der Waals surface area contributed by atoms with Crippen LogP contribution in [0.15, 0.2) is 83.7 Å². The molecule has 1 fully saturated rings. The summed E-state index contributed by atoms with van der Waals surface area (Å²) in [6, 6.07) is 21.5. The number of aliphatic hydroxyl groups is 1. The number of likely N-dealkylation sites (tertiary alicyclic amines) is 1. The van der Waals surface area contributed by atoms with Gasteiger partial charge in [-0.25, -0.2) is 0 Å². The Hall–Kier alpha value is -3.95. The van der Waals surface area contributed by atoms with Crippen molar-refractivity contribution in [2.45, 2.75) is 44.1 Å². The molecule has 0 spiro atoms. The van der Waals surface area contributed by atoms with Crippen molar-refractivity contribution in [2.75, 3.05) is 13.1 Å². The SMILES string of the molecule is C[C@@H](NC(=O)c1ccc(CN2CCC(O)(c3cccc(C(F)(F)F)c3)CC2)[nH]c1=O)c1cccc2ccccc12. The molecule has 3 N–H and O–H groups in total. The average molecular weight is 550 g/mol. The smallest absolute Gasteiger partial charge is 0.385 e. The summed E-state index contributed by atoms with van der Waals surface area (Å²) in [5, 5.41) is 16.1. The van der Waals surface area contributed by atoms with Gasteiger partial charge in [0.1, 0.15) is 5.56 Å². The van der Waals surface area contributed by atoms with Gasteiger partial charge in [-0.2, -0.15) is 13.2 Å². The Morgan fingerprint density at radius 1 is 1.02 bits per heavy atom. The van der Waals surface area contributed by atoms with E-state index in [0.29, 0.717) is 25.3 Å². The number of hydrogen-bond donors (Lipinski definition) is 3. The maximum atomic E-state index is 13.1. The molecule has 0 saturated carbocycles. The number of rotatable bonds is 6. The predicted molar refractivity (Wildman–Crippen MR) is 147 cm³/mol. The van der Waals surface area contributed by atoms with Crippen LogP contribution in [-0.4, -0.2) is 34.0 Å². The summed E-state index contributed by atoms with van der Waals surface area (Å²) in [6.07, 6.45) is -3.97. The maximum Gasteiger partial charge on any atom is 0.416 e. The van der Waals surface area contributed by atoms with Crippen molar-refractivity contribution < 1.29 is 23.1 Å². The van der Waals surface area contributed by atoms with Gasteiger partial charge in [-0.1, -0.05) is 54.6 Å². The van der Waals surface area contributed by atoms with Gasteiger partial charge in [0.15, 0.2) is 0 Å². The molecule has 208 valence electrons. The normalized spacial score (nSPS) is 16.5. The number of benzene rings is 3. The Kier molecular flexibility index (Phi) is 7.53. The molecule has 6 nitrogen and oxygen atoms in total. The van der Waals surface area contributed by atoms with Crippen molar-refractivity contribution in [2.24, 2.45) is 0 Å². The Labute approximate surface area is 229 Å². The zero-order chi connectivity index (χ0) is 28.5. The van der Waals surface area contributed by atoms with Crippen LogP contribution in [0.5, 0.6) is 0 Å². The lowest BCUT2D eigenvalue weighted by atomic mass is 9.83. The predicted octanol–water partition coefficient (Wildman–Crippen LogP) is 5.52. The van der Waals surface area contributed by atoms with Crippen LogP contribution in [0.3, 0.4) is 0 Å². The van der Waals surface area contributed by atoms with Gasteiger partial charge in [0.25, 0.3) is 11.5 Å². The van der Waals surface area contributed by atoms with Gasteiger partial charge in [-0.15, -0.1) is 0 Å². The number of amides is 1. The lowest BCUT2D eigenvalue weighted by Crippen LogP contribution is -2.42. The van der Waals surface area contributed by atoms with E-state index in [2.05, 4.69) is 10.3 Å².